The molecule has 0 radical (unpaired) electrons. The van der Waals surface area contributed by atoms with E-state index in [0.29, 0.717) is 5.69 Å². The van der Waals surface area contributed by atoms with Crippen LogP contribution in [0.1, 0.15) is 53.4 Å². The van der Waals surface area contributed by atoms with Gasteiger partial charge in [0.2, 0.25) is 10.0 Å². The van der Waals surface area contributed by atoms with E-state index >= 15 is 0 Å². The summed E-state index contributed by atoms with van der Waals surface area (Å²) in [6, 6.07) is 7.29. The molecular formula is C17H26BNO4S. The monoisotopic (exact) mass is 351 g/mol. The molecule has 24 heavy (non-hydrogen) atoms. The van der Waals surface area contributed by atoms with Gasteiger partial charge < -0.3 is 9.31 Å². The van der Waals surface area contributed by atoms with Crippen LogP contribution in [0.2, 0.25) is 0 Å². The smallest absolute Gasteiger partial charge is 0.399 e. The first-order valence-corrected chi connectivity index (χ1v) is 10.1. The van der Waals surface area contributed by atoms with Crippen LogP contribution in [0.3, 0.4) is 0 Å². The minimum absolute atomic E-state index is 0.280. The molecule has 0 aromatic heterocycles. The molecule has 0 bridgehead atoms. The Hall–Kier alpha value is -1.05. The molecule has 0 unspecified atom stereocenters. The molecule has 1 saturated heterocycles. The van der Waals surface area contributed by atoms with Crippen LogP contribution in [0.25, 0.3) is 0 Å². The Morgan fingerprint density at radius 1 is 1.08 bits per heavy atom. The van der Waals surface area contributed by atoms with E-state index < -0.39 is 28.3 Å². The van der Waals surface area contributed by atoms with Crippen LogP contribution in [0.15, 0.2) is 24.3 Å². The van der Waals surface area contributed by atoms with Crippen LogP contribution in [-0.4, -0.2) is 32.0 Å². The fourth-order valence-corrected chi connectivity index (χ4v) is 4.75. The van der Waals surface area contributed by atoms with E-state index in [-0.39, 0.29) is 5.25 Å². The van der Waals surface area contributed by atoms with E-state index in [4.69, 9.17) is 9.31 Å². The Morgan fingerprint density at radius 3 is 2.25 bits per heavy atom. The van der Waals surface area contributed by atoms with E-state index in [1.165, 1.54) is 0 Å². The van der Waals surface area contributed by atoms with Crippen LogP contribution >= 0.6 is 0 Å². The van der Waals surface area contributed by atoms with Crippen molar-refractivity contribution >= 4 is 28.3 Å². The molecule has 3 rings (SSSR count). The summed E-state index contributed by atoms with van der Waals surface area (Å²) in [5, 5.41) is -0.280. The highest BCUT2D eigenvalue weighted by atomic mass is 32.2. The quantitative estimate of drug-likeness (QED) is 0.847. The number of sulfonamides is 1. The molecule has 0 amide bonds. The van der Waals surface area contributed by atoms with Crippen molar-refractivity contribution in [3.63, 3.8) is 0 Å². The van der Waals surface area contributed by atoms with Gasteiger partial charge in [-0.1, -0.05) is 25.0 Å². The van der Waals surface area contributed by atoms with Crippen LogP contribution in [0.5, 0.6) is 0 Å². The van der Waals surface area contributed by atoms with Gasteiger partial charge >= 0.3 is 7.12 Å². The molecule has 0 atom stereocenters. The van der Waals surface area contributed by atoms with Crippen LogP contribution in [0, 0.1) is 0 Å². The highest BCUT2D eigenvalue weighted by Gasteiger charge is 2.51. The third-order valence-corrected chi connectivity index (χ3v) is 7.28. The van der Waals surface area contributed by atoms with Gasteiger partial charge in [0.15, 0.2) is 0 Å². The normalized spacial score (nSPS) is 23.6. The van der Waals surface area contributed by atoms with Crippen molar-refractivity contribution in [2.45, 2.75) is 69.8 Å². The molecule has 1 heterocycles. The first-order valence-electron chi connectivity index (χ1n) is 8.58. The fourth-order valence-electron chi connectivity index (χ4n) is 3.17. The number of anilines is 1. The van der Waals surface area contributed by atoms with Crippen molar-refractivity contribution in [1.29, 1.82) is 0 Å². The molecule has 1 aromatic rings. The average molecular weight is 351 g/mol. The van der Waals surface area contributed by atoms with E-state index in [1.807, 2.05) is 39.8 Å². The first-order chi connectivity index (χ1) is 11.1. The summed E-state index contributed by atoms with van der Waals surface area (Å²) in [5.74, 6) is 0. The molecule has 1 saturated carbocycles. The SMILES string of the molecule is CC1(C)OB(c2cccc(NS(=O)(=O)C3CCCC3)c2)OC1(C)C. The van der Waals surface area contributed by atoms with Crippen molar-refractivity contribution in [2.24, 2.45) is 0 Å². The Bertz CT molecular complexity index is 695. The lowest BCUT2D eigenvalue weighted by molar-refractivity contribution is 0.00578. The van der Waals surface area contributed by atoms with Gasteiger partial charge in [-0.3, -0.25) is 4.72 Å². The summed E-state index contributed by atoms with van der Waals surface area (Å²) in [7, 11) is -3.83. The Kier molecular flexibility index (Phi) is 4.47. The van der Waals surface area contributed by atoms with Gasteiger partial charge in [0, 0.05) is 5.69 Å². The standard InChI is InChI=1S/C17H26BNO4S/c1-16(2)17(3,4)23-18(22-16)13-8-7-9-14(12-13)19-24(20,21)15-10-5-6-11-15/h7-9,12,15,19H,5-6,10-11H2,1-4H3. The van der Waals surface area contributed by atoms with Gasteiger partial charge in [-0.15, -0.1) is 0 Å². The van der Waals surface area contributed by atoms with Gasteiger partial charge in [-0.05, 0) is 58.1 Å². The maximum absolute atomic E-state index is 12.5. The van der Waals surface area contributed by atoms with Crippen molar-refractivity contribution in [2.75, 3.05) is 4.72 Å². The Morgan fingerprint density at radius 2 is 1.67 bits per heavy atom. The Balaban J connectivity index is 1.78. The molecule has 132 valence electrons. The van der Waals surface area contributed by atoms with Crippen LogP contribution in [0.4, 0.5) is 5.69 Å². The first kappa shape index (κ1) is 17.8. The van der Waals surface area contributed by atoms with Gasteiger partial charge in [-0.25, -0.2) is 8.42 Å². The fraction of sp³-hybridized carbons (Fsp3) is 0.647. The topological polar surface area (TPSA) is 64.6 Å². The second-order valence-electron chi connectivity index (χ2n) is 7.77. The van der Waals surface area contributed by atoms with Crippen LogP contribution < -0.4 is 10.2 Å². The zero-order valence-electron chi connectivity index (χ0n) is 14.8. The largest absolute Gasteiger partial charge is 0.494 e. The number of hydrogen-bond acceptors (Lipinski definition) is 4. The highest BCUT2D eigenvalue weighted by Crippen LogP contribution is 2.36. The van der Waals surface area contributed by atoms with Crippen molar-refractivity contribution in [3.05, 3.63) is 24.3 Å². The number of rotatable bonds is 4. The number of hydrogen-bond donors (Lipinski definition) is 1. The van der Waals surface area contributed by atoms with Gasteiger partial charge in [0.05, 0.1) is 16.5 Å². The molecule has 5 nitrogen and oxygen atoms in total. The minimum atomic E-state index is -3.33. The third-order valence-electron chi connectivity index (χ3n) is 5.41. The van der Waals surface area contributed by atoms with E-state index in [9.17, 15) is 8.42 Å². The molecule has 0 spiro atoms. The molecule has 2 fully saturated rings. The van der Waals surface area contributed by atoms with Gasteiger partial charge in [-0.2, -0.15) is 0 Å². The summed E-state index contributed by atoms with van der Waals surface area (Å²) in [6.45, 7) is 8.00. The molecule has 2 aliphatic rings. The van der Waals surface area contributed by atoms with Gasteiger partial charge in [0.25, 0.3) is 0 Å². The molecule has 7 heteroatoms. The molecule has 1 N–H and O–H groups in total. The predicted molar refractivity (Wildman–Crippen MR) is 97.0 cm³/mol. The van der Waals surface area contributed by atoms with Crippen molar-refractivity contribution in [1.82, 2.24) is 0 Å². The summed E-state index contributed by atoms with van der Waals surface area (Å²) in [6.07, 6.45) is 3.46. The predicted octanol–water partition coefficient (Wildman–Crippen LogP) is 2.67. The second kappa shape index (κ2) is 6.04. The summed E-state index contributed by atoms with van der Waals surface area (Å²) in [4.78, 5) is 0. The highest BCUT2D eigenvalue weighted by molar-refractivity contribution is 7.93. The lowest BCUT2D eigenvalue weighted by Crippen LogP contribution is -2.41. The average Bonchev–Trinajstić information content (AvgIpc) is 3.06. The maximum Gasteiger partial charge on any atom is 0.494 e. The second-order valence-corrected chi connectivity index (χ2v) is 9.73. The van der Waals surface area contributed by atoms with E-state index in [0.717, 1.165) is 31.1 Å². The van der Waals surface area contributed by atoms with Gasteiger partial charge in [0.1, 0.15) is 0 Å². The molecule has 1 aromatic carbocycles. The molecule has 1 aliphatic carbocycles. The van der Waals surface area contributed by atoms with E-state index in [1.54, 1.807) is 12.1 Å². The maximum atomic E-state index is 12.5. The Labute approximate surface area is 145 Å². The molecule has 1 aliphatic heterocycles. The summed E-state index contributed by atoms with van der Waals surface area (Å²) in [5.41, 5.74) is 0.544. The van der Waals surface area contributed by atoms with Crippen LogP contribution in [-0.2, 0) is 19.3 Å². The van der Waals surface area contributed by atoms with E-state index in [2.05, 4.69) is 4.72 Å². The third kappa shape index (κ3) is 3.34. The minimum Gasteiger partial charge on any atom is -0.399 e. The van der Waals surface area contributed by atoms with Crippen molar-refractivity contribution < 1.29 is 17.7 Å². The lowest BCUT2D eigenvalue weighted by Gasteiger charge is -2.32. The molecular weight excluding hydrogens is 325 g/mol. The summed E-state index contributed by atoms with van der Waals surface area (Å²) >= 11 is 0. The summed E-state index contributed by atoms with van der Waals surface area (Å²) < 4.78 is 39.7. The number of benzene rings is 1. The number of nitrogens with one attached hydrogen (secondary N) is 1. The van der Waals surface area contributed by atoms with Crippen molar-refractivity contribution in [3.8, 4) is 0 Å². The lowest BCUT2D eigenvalue weighted by atomic mass is 9.79. The zero-order valence-corrected chi connectivity index (χ0v) is 15.7. The zero-order chi connectivity index (χ0) is 17.6.